The van der Waals surface area contributed by atoms with Crippen LogP contribution in [0, 0.1) is 6.92 Å². The number of hydrogen-bond acceptors (Lipinski definition) is 6. The van der Waals surface area contributed by atoms with Crippen molar-refractivity contribution in [2.75, 3.05) is 24.1 Å². The Kier molecular flexibility index (Phi) is 6.82. The molecular weight excluding hydrogens is 378 g/mol. The van der Waals surface area contributed by atoms with Gasteiger partial charge in [0.25, 0.3) is 0 Å². The topological polar surface area (TPSA) is 92.5 Å². The van der Waals surface area contributed by atoms with E-state index in [1.807, 2.05) is 39.8 Å². The molecule has 2 aromatic rings. The fraction of sp³-hybridized carbons (Fsp3) is 0.478. The molecule has 1 aliphatic rings. The lowest BCUT2D eigenvalue weighted by Gasteiger charge is -2.32. The number of piperidine rings is 1. The quantitative estimate of drug-likeness (QED) is 0.683. The average molecular weight is 412 g/mol. The van der Waals surface area contributed by atoms with E-state index in [0.29, 0.717) is 11.5 Å². The van der Waals surface area contributed by atoms with Crippen LogP contribution < -0.4 is 16.4 Å². The summed E-state index contributed by atoms with van der Waals surface area (Å²) >= 11 is 0. The standard InChI is InChI=1S/C23H33N5O2/c1-16-5-10-20(24)21(25-16)26-18-8-6-17(7-9-18)15-28-13-11-19(12-14-28)27-22(29)30-23(2,3)4/h5-10,19H,11-15,24H2,1-4H3,(H,25,26)(H,27,29). The van der Waals surface area contributed by atoms with Gasteiger partial charge in [0, 0.05) is 37.1 Å². The molecule has 0 unspecified atom stereocenters. The highest BCUT2D eigenvalue weighted by atomic mass is 16.6. The van der Waals surface area contributed by atoms with Gasteiger partial charge in [0.1, 0.15) is 5.60 Å². The van der Waals surface area contributed by atoms with Crippen LogP contribution in [0.15, 0.2) is 36.4 Å². The molecule has 2 heterocycles. The van der Waals surface area contributed by atoms with E-state index < -0.39 is 5.60 Å². The monoisotopic (exact) mass is 411 g/mol. The summed E-state index contributed by atoms with van der Waals surface area (Å²) in [6, 6.07) is 12.3. The van der Waals surface area contributed by atoms with Crippen molar-refractivity contribution in [3.63, 3.8) is 0 Å². The van der Waals surface area contributed by atoms with E-state index in [0.717, 1.165) is 43.9 Å². The smallest absolute Gasteiger partial charge is 0.407 e. The first-order valence-corrected chi connectivity index (χ1v) is 10.5. The number of nitrogens with two attached hydrogens (primary N) is 1. The van der Waals surface area contributed by atoms with Gasteiger partial charge in [0.15, 0.2) is 5.82 Å². The molecular formula is C23H33N5O2. The summed E-state index contributed by atoms with van der Waals surface area (Å²) in [7, 11) is 0. The lowest BCUT2D eigenvalue weighted by Crippen LogP contribution is -2.45. The molecule has 1 aromatic carbocycles. The van der Waals surface area contributed by atoms with Gasteiger partial charge in [-0.2, -0.15) is 0 Å². The van der Waals surface area contributed by atoms with E-state index >= 15 is 0 Å². The van der Waals surface area contributed by atoms with Crippen LogP contribution in [-0.2, 0) is 11.3 Å². The predicted molar refractivity (Wildman–Crippen MR) is 121 cm³/mol. The Labute approximate surface area is 179 Å². The van der Waals surface area contributed by atoms with Crippen LogP contribution in [0.5, 0.6) is 0 Å². The highest BCUT2D eigenvalue weighted by Crippen LogP contribution is 2.22. The third-order valence-corrected chi connectivity index (χ3v) is 5.00. The number of nitrogen functional groups attached to an aromatic ring is 1. The van der Waals surface area contributed by atoms with E-state index in [1.165, 1.54) is 5.56 Å². The third-order valence-electron chi connectivity index (χ3n) is 5.00. The van der Waals surface area contributed by atoms with Crippen molar-refractivity contribution in [1.29, 1.82) is 0 Å². The maximum absolute atomic E-state index is 11.9. The molecule has 7 heteroatoms. The second kappa shape index (κ2) is 9.34. The molecule has 0 radical (unpaired) electrons. The molecule has 7 nitrogen and oxygen atoms in total. The average Bonchev–Trinajstić information content (AvgIpc) is 2.66. The highest BCUT2D eigenvalue weighted by molar-refractivity contribution is 5.69. The molecule has 1 saturated heterocycles. The zero-order valence-electron chi connectivity index (χ0n) is 18.4. The van der Waals surface area contributed by atoms with Crippen LogP contribution in [0.1, 0.15) is 44.9 Å². The number of ether oxygens (including phenoxy) is 1. The van der Waals surface area contributed by atoms with Crippen molar-refractivity contribution in [1.82, 2.24) is 15.2 Å². The largest absolute Gasteiger partial charge is 0.444 e. The summed E-state index contributed by atoms with van der Waals surface area (Å²) in [5.41, 5.74) is 9.30. The molecule has 162 valence electrons. The van der Waals surface area contributed by atoms with Gasteiger partial charge >= 0.3 is 6.09 Å². The van der Waals surface area contributed by atoms with Crippen LogP contribution in [0.3, 0.4) is 0 Å². The minimum Gasteiger partial charge on any atom is -0.444 e. The maximum Gasteiger partial charge on any atom is 0.407 e. The molecule has 3 rings (SSSR count). The number of alkyl carbamates (subject to hydrolysis) is 1. The molecule has 1 fully saturated rings. The number of aryl methyl sites for hydroxylation is 1. The number of rotatable bonds is 5. The Hall–Kier alpha value is -2.80. The number of carbonyl (C=O) groups is 1. The van der Waals surface area contributed by atoms with Crippen LogP contribution in [0.4, 0.5) is 22.0 Å². The number of nitrogens with zero attached hydrogens (tertiary/aromatic N) is 2. The van der Waals surface area contributed by atoms with Crippen molar-refractivity contribution in [2.45, 2.75) is 58.7 Å². The highest BCUT2D eigenvalue weighted by Gasteiger charge is 2.23. The van der Waals surface area contributed by atoms with Crippen molar-refractivity contribution < 1.29 is 9.53 Å². The van der Waals surface area contributed by atoms with Crippen molar-refractivity contribution in [2.24, 2.45) is 0 Å². The van der Waals surface area contributed by atoms with Crippen molar-refractivity contribution in [3.05, 3.63) is 47.7 Å². The number of likely N-dealkylation sites (tertiary alicyclic amines) is 1. The van der Waals surface area contributed by atoms with Gasteiger partial charge in [0.05, 0.1) is 5.69 Å². The van der Waals surface area contributed by atoms with Crippen molar-refractivity contribution >= 4 is 23.3 Å². The molecule has 0 bridgehead atoms. The lowest BCUT2D eigenvalue weighted by molar-refractivity contribution is 0.0477. The number of pyridine rings is 1. The molecule has 0 atom stereocenters. The summed E-state index contributed by atoms with van der Waals surface area (Å²) < 4.78 is 5.35. The van der Waals surface area contributed by atoms with Gasteiger partial charge in [-0.15, -0.1) is 0 Å². The van der Waals surface area contributed by atoms with Crippen LogP contribution in [-0.4, -0.2) is 40.7 Å². The molecule has 1 amide bonds. The summed E-state index contributed by atoms with van der Waals surface area (Å²) in [4.78, 5) is 18.8. The van der Waals surface area contributed by atoms with E-state index in [1.54, 1.807) is 0 Å². The summed E-state index contributed by atoms with van der Waals surface area (Å²) in [6.45, 7) is 10.4. The molecule has 0 spiro atoms. The number of nitrogens with one attached hydrogen (secondary N) is 2. The van der Waals surface area contributed by atoms with E-state index in [2.05, 4.69) is 44.8 Å². The Morgan fingerprint density at radius 3 is 2.47 bits per heavy atom. The number of hydrogen-bond donors (Lipinski definition) is 3. The zero-order chi connectivity index (χ0) is 21.7. The van der Waals surface area contributed by atoms with Crippen LogP contribution >= 0.6 is 0 Å². The number of amides is 1. The van der Waals surface area contributed by atoms with Crippen LogP contribution in [0.25, 0.3) is 0 Å². The number of anilines is 3. The molecule has 0 aliphatic carbocycles. The van der Waals surface area contributed by atoms with Gasteiger partial charge in [-0.3, -0.25) is 4.90 Å². The fourth-order valence-electron chi connectivity index (χ4n) is 3.47. The van der Waals surface area contributed by atoms with Gasteiger partial charge in [-0.1, -0.05) is 12.1 Å². The van der Waals surface area contributed by atoms with Crippen molar-refractivity contribution in [3.8, 4) is 0 Å². The Morgan fingerprint density at radius 2 is 1.83 bits per heavy atom. The second-order valence-electron chi connectivity index (χ2n) is 8.91. The molecule has 0 saturated carbocycles. The van der Waals surface area contributed by atoms with E-state index in [9.17, 15) is 4.79 Å². The Bertz CT molecular complexity index is 853. The van der Waals surface area contributed by atoms with Gasteiger partial charge in [-0.05, 0) is 70.4 Å². The zero-order valence-corrected chi connectivity index (χ0v) is 18.4. The predicted octanol–water partition coefficient (Wildman–Crippen LogP) is 4.20. The third kappa shape index (κ3) is 6.62. The maximum atomic E-state index is 11.9. The van der Waals surface area contributed by atoms with E-state index in [4.69, 9.17) is 10.5 Å². The first kappa shape index (κ1) is 21.9. The molecule has 1 aromatic heterocycles. The van der Waals surface area contributed by atoms with Gasteiger partial charge in [0.2, 0.25) is 0 Å². The minimum absolute atomic E-state index is 0.176. The first-order chi connectivity index (χ1) is 14.2. The normalized spacial score (nSPS) is 15.6. The second-order valence-corrected chi connectivity index (χ2v) is 8.91. The lowest BCUT2D eigenvalue weighted by atomic mass is 10.0. The molecule has 1 aliphatic heterocycles. The number of benzene rings is 1. The molecule has 30 heavy (non-hydrogen) atoms. The summed E-state index contributed by atoms with van der Waals surface area (Å²) in [5.74, 6) is 0.683. The number of aromatic nitrogens is 1. The minimum atomic E-state index is -0.465. The Balaban J connectivity index is 1.46. The summed E-state index contributed by atoms with van der Waals surface area (Å²) in [5, 5.41) is 6.27. The van der Waals surface area contributed by atoms with Gasteiger partial charge < -0.3 is 21.1 Å². The molecule has 4 N–H and O–H groups in total. The first-order valence-electron chi connectivity index (χ1n) is 10.5. The fourth-order valence-corrected chi connectivity index (χ4v) is 3.47. The Morgan fingerprint density at radius 1 is 1.17 bits per heavy atom. The van der Waals surface area contributed by atoms with E-state index in [-0.39, 0.29) is 12.1 Å². The SMILES string of the molecule is Cc1ccc(N)c(Nc2ccc(CN3CCC(NC(=O)OC(C)(C)C)CC3)cc2)n1. The number of carbonyl (C=O) groups excluding carboxylic acids is 1. The van der Waals surface area contributed by atoms with Crippen LogP contribution in [0.2, 0.25) is 0 Å². The summed E-state index contributed by atoms with van der Waals surface area (Å²) in [6.07, 6.45) is 1.53. The van der Waals surface area contributed by atoms with Gasteiger partial charge in [-0.25, -0.2) is 9.78 Å².